The molecule has 0 bridgehead atoms. The highest BCUT2D eigenvalue weighted by molar-refractivity contribution is 6.00. The quantitative estimate of drug-likeness (QED) is 0.217. The number of carbonyl (C=O) groups is 1. The molecule has 6 heteroatoms. The maximum Gasteiger partial charge on any atom is 0.235 e. The van der Waals surface area contributed by atoms with E-state index in [1.54, 1.807) is 0 Å². The number of piperazine rings is 1. The number of fused-ring (bicyclic) bond motifs is 4. The number of amides is 1. The summed E-state index contributed by atoms with van der Waals surface area (Å²) in [5, 5.41) is 3.33. The molecule has 1 N–H and O–H groups in total. The number of carbonyl (C=O) groups excluding carboxylic acids is 1. The second-order valence-electron chi connectivity index (χ2n) is 11.9. The number of unbranched alkanes of at least 4 members (excludes halogenated alkanes) is 1. The third-order valence-corrected chi connectivity index (χ3v) is 9.44. The summed E-state index contributed by atoms with van der Waals surface area (Å²) in [6.07, 6.45) is 2.83. The van der Waals surface area contributed by atoms with Gasteiger partial charge in [-0.1, -0.05) is 97.4 Å². The van der Waals surface area contributed by atoms with Gasteiger partial charge in [0.25, 0.3) is 0 Å². The summed E-state index contributed by atoms with van der Waals surface area (Å²) in [4.78, 5) is 24.2. The molecular weight excluding hydrogens is 530 g/mol. The zero-order valence-corrected chi connectivity index (χ0v) is 24.9. The Balaban J connectivity index is 1.03. The lowest BCUT2D eigenvalue weighted by Crippen LogP contribution is -2.47. The van der Waals surface area contributed by atoms with Crippen molar-refractivity contribution in [3.63, 3.8) is 0 Å². The molecule has 1 aromatic heterocycles. The van der Waals surface area contributed by atoms with Crippen molar-refractivity contribution in [2.45, 2.75) is 31.2 Å². The SMILES string of the molecule is Cn1c(N2CCN(CCCCC3(C(=O)NCc4ccccc4)c4ccccc4-c4ccccc43)CC2)nc2ccccc21. The van der Waals surface area contributed by atoms with Gasteiger partial charge in [0, 0.05) is 39.8 Å². The topological polar surface area (TPSA) is 53.4 Å². The maximum absolute atomic E-state index is 14.3. The number of benzene rings is 4. The first-order valence-electron chi connectivity index (χ1n) is 15.6. The second-order valence-corrected chi connectivity index (χ2v) is 11.9. The molecule has 43 heavy (non-hydrogen) atoms. The standard InChI is InChI=1S/C37H39N5O/c1-40-34-20-10-9-19-33(34)39-36(40)42-25-23-41(24-26-42)22-12-11-21-37(35(43)38-27-28-13-3-2-4-14-28)31-17-7-5-15-29(31)30-16-6-8-18-32(30)37/h2-10,13-20H,11-12,21-27H2,1H3,(H,38,43). The van der Waals surface area contributed by atoms with Crippen LogP contribution in [0.3, 0.4) is 0 Å². The average molecular weight is 570 g/mol. The van der Waals surface area contributed by atoms with Gasteiger partial charge in [-0.15, -0.1) is 0 Å². The number of anilines is 1. The number of para-hydroxylation sites is 2. The Bertz CT molecular complexity index is 1690. The van der Waals surface area contributed by atoms with Crippen LogP contribution in [0, 0.1) is 0 Å². The van der Waals surface area contributed by atoms with Gasteiger partial charge in [0.2, 0.25) is 11.9 Å². The van der Waals surface area contributed by atoms with Gasteiger partial charge in [0.15, 0.2) is 0 Å². The van der Waals surface area contributed by atoms with Crippen LogP contribution in [0.1, 0.15) is 36.0 Å². The van der Waals surface area contributed by atoms with Gasteiger partial charge in [-0.2, -0.15) is 0 Å². The molecule has 0 unspecified atom stereocenters. The minimum absolute atomic E-state index is 0.102. The molecule has 0 atom stereocenters. The lowest BCUT2D eigenvalue weighted by Gasteiger charge is -2.35. The van der Waals surface area contributed by atoms with Crippen LogP contribution in [0.25, 0.3) is 22.2 Å². The average Bonchev–Trinajstić information content (AvgIpc) is 3.55. The van der Waals surface area contributed by atoms with Crippen LogP contribution < -0.4 is 10.2 Å². The largest absolute Gasteiger partial charge is 0.351 e. The van der Waals surface area contributed by atoms with Gasteiger partial charge in [-0.05, 0) is 59.3 Å². The van der Waals surface area contributed by atoms with E-state index >= 15 is 0 Å². The molecule has 0 radical (unpaired) electrons. The van der Waals surface area contributed by atoms with E-state index in [0.717, 1.165) is 80.1 Å². The van der Waals surface area contributed by atoms with Crippen molar-refractivity contribution in [2.24, 2.45) is 7.05 Å². The van der Waals surface area contributed by atoms with Gasteiger partial charge < -0.3 is 14.8 Å². The van der Waals surface area contributed by atoms with E-state index in [4.69, 9.17) is 4.98 Å². The molecule has 7 rings (SSSR count). The van der Waals surface area contributed by atoms with Crippen LogP contribution >= 0.6 is 0 Å². The van der Waals surface area contributed by atoms with Gasteiger partial charge in [0.05, 0.1) is 11.0 Å². The maximum atomic E-state index is 14.3. The number of hydrogen-bond acceptors (Lipinski definition) is 4. The van der Waals surface area contributed by atoms with Crippen LogP contribution in [-0.2, 0) is 23.8 Å². The van der Waals surface area contributed by atoms with E-state index in [1.165, 1.54) is 16.6 Å². The summed E-state index contributed by atoms with van der Waals surface area (Å²) in [5.74, 6) is 1.16. The lowest BCUT2D eigenvalue weighted by molar-refractivity contribution is -0.125. The second kappa shape index (κ2) is 11.7. The van der Waals surface area contributed by atoms with Gasteiger partial charge in [-0.3, -0.25) is 9.69 Å². The fourth-order valence-electron chi connectivity index (χ4n) is 7.19. The van der Waals surface area contributed by atoms with Crippen molar-refractivity contribution in [1.29, 1.82) is 0 Å². The summed E-state index contributed by atoms with van der Waals surface area (Å²) >= 11 is 0. The van der Waals surface area contributed by atoms with E-state index in [9.17, 15) is 4.79 Å². The number of imidazole rings is 1. The zero-order valence-electron chi connectivity index (χ0n) is 24.9. The van der Waals surface area contributed by atoms with Crippen LogP contribution in [0.15, 0.2) is 103 Å². The molecule has 0 saturated carbocycles. The molecule has 6 nitrogen and oxygen atoms in total. The van der Waals surface area contributed by atoms with Crippen molar-refractivity contribution >= 4 is 22.9 Å². The molecule has 1 aliphatic heterocycles. The fourth-order valence-corrected chi connectivity index (χ4v) is 7.19. The Morgan fingerprint density at radius 2 is 1.40 bits per heavy atom. The molecule has 0 spiro atoms. The summed E-state index contributed by atoms with van der Waals surface area (Å²) in [7, 11) is 2.11. The zero-order chi connectivity index (χ0) is 29.2. The molecule has 4 aromatic carbocycles. The predicted octanol–water partition coefficient (Wildman–Crippen LogP) is 6.15. The Morgan fingerprint density at radius 3 is 2.09 bits per heavy atom. The van der Waals surface area contributed by atoms with Gasteiger partial charge >= 0.3 is 0 Å². The monoisotopic (exact) mass is 569 g/mol. The van der Waals surface area contributed by atoms with Crippen molar-refractivity contribution in [1.82, 2.24) is 19.8 Å². The number of aryl methyl sites for hydroxylation is 1. The van der Waals surface area contributed by atoms with Gasteiger partial charge in [-0.25, -0.2) is 4.98 Å². The lowest BCUT2D eigenvalue weighted by atomic mass is 9.73. The summed E-state index contributed by atoms with van der Waals surface area (Å²) in [5.41, 5.74) is 7.31. The summed E-state index contributed by atoms with van der Waals surface area (Å²) < 4.78 is 2.21. The molecular formula is C37H39N5O. The van der Waals surface area contributed by atoms with Crippen LogP contribution in [0.4, 0.5) is 5.95 Å². The number of aromatic nitrogens is 2. The minimum atomic E-state index is -0.680. The van der Waals surface area contributed by atoms with Crippen molar-refractivity contribution in [3.05, 3.63) is 120 Å². The third-order valence-electron chi connectivity index (χ3n) is 9.44. The van der Waals surface area contributed by atoms with E-state index in [0.29, 0.717) is 6.54 Å². The first kappa shape index (κ1) is 27.4. The smallest absolute Gasteiger partial charge is 0.235 e. The normalized spacial score (nSPS) is 15.8. The molecule has 5 aromatic rings. The highest BCUT2D eigenvalue weighted by atomic mass is 16.2. The molecule has 1 fully saturated rings. The van der Waals surface area contributed by atoms with Crippen molar-refractivity contribution in [2.75, 3.05) is 37.6 Å². The minimum Gasteiger partial charge on any atom is -0.351 e. The van der Waals surface area contributed by atoms with E-state index < -0.39 is 5.41 Å². The van der Waals surface area contributed by atoms with Crippen molar-refractivity contribution < 1.29 is 4.79 Å². The molecule has 1 amide bonds. The fraction of sp³-hybridized carbons (Fsp3) is 0.297. The predicted molar refractivity (Wildman–Crippen MR) is 174 cm³/mol. The first-order valence-corrected chi connectivity index (χ1v) is 15.6. The number of nitrogens with one attached hydrogen (secondary N) is 1. The van der Waals surface area contributed by atoms with E-state index in [2.05, 4.69) is 112 Å². The Labute approximate surface area is 254 Å². The molecule has 2 heterocycles. The summed E-state index contributed by atoms with van der Waals surface area (Å²) in [6, 6.07) is 35.5. The third kappa shape index (κ3) is 5.00. The highest BCUT2D eigenvalue weighted by Crippen LogP contribution is 2.51. The van der Waals surface area contributed by atoms with E-state index in [1.807, 2.05) is 18.2 Å². The summed E-state index contributed by atoms with van der Waals surface area (Å²) in [6.45, 7) is 5.58. The molecule has 218 valence electrons. The van der Waals surface area contributed by atoms with Gasteiger partial charge in [0.1, 0.15) is 5.41 Å². The number of nitrogens with zero attached hydrogens (tertiary/aromatic N) is 4. The molecule has 2 aliphatic rings. The molecule has 1 aliphatic carbocycles. The first-order chi connectivity index (χ1) is 21.1. The van der Waals surface area contributed by atoms with Crippen LogP contribution in [0.2, 0.25) is 0 Å². The number of hydrogen-bond donors (Lipinski definition) is 1. The Kier molecular flexibility index (Phi) is 7.45. The Morgan fingerprint density at radius 1 is 0.767 bits per heavy atom. The van der Waals surface area contributed by atoms with Crippen LogP contribution in [0.5, 0.6) is 0 Å². The van der Waals surface area contributed by atoms with Crippen LogP contribution in [-0.4, -0.2) is 53.1 Å². The van der Waals surface area contributed by atoms with Crippen molar-refractivity contribution in [3.8, 4) is 11.1 Å². The molecule has 1 saturated heterocycles. The Hall–Kier alpha value is -4.42. The number of rotatable bonds is 9. The highest BCUT2D eigenvalue weighted by Gasteiger charge is 2.48. The van der Waals surface area contributed by atoms with E-state index in [-0.39, 0.29) is 5.91 Å².